The zero-order chi connectivity index (χ0) is 19.8. The lowest BCUT2D eigenvalue weighted by Crippen LogP contribution is -2.26. The first-order valence-corrected chi connectivity index (χ1v) is 10.7. The summed E-state index contributed by atoms with van der Waals surface area (Å²) in [6.45, 7) is 5.41. The van der Waals surface area contributed by atoms with Crippen molar-refractivity contribution in [3.8, 4) is 5.88 Å². The number of aromatic nitrogens is 1. The number of nitrogens with one attached hydrogen (secondary N) is 1. The molecule has 152 valence electrons. The number of hydrogen-bond donors (Lipinski definition) is 1. The minimum atomic E-state index is 0.0308. The molecule has 1 aromatic carbocycles. The Bertz CT molecular complexity index is 788. The molecule has 4 heteroatoms. The first kappa shape index (κ1) is 20.7. The molecule has 1 aromatic heterocycles. The standard InChI is InChI=1S/C24H33NO3/c1-3-4-7-19-9-11-20(12-10-19)13-14-22-18(2)23(26)16-24(25-22)28-17-21-8-5-6-15-27-21/h9-12,16,21H,3-8,13-15,17H2,1-2H3,(H,25,26). The second kappa shape index (κ2) is 10.5. The summed E-state index contributed by atoms with van der Waals surface area (Å²) in [4.78, 5) is 15.7. The highest BCUT2D eigenvalue weighted by Gasteiger charge is 2.15. The Morgan fingerprint density at radius 2 is 1.86 bits per heavy atom. The molecule has 0 amide bonds. The van der Waals surface area contributed by atoms with Crippen LogP contribution in [0.2, 0.25) is 0 Å². The molecule has 1 aliphatic rings. The van der Waals surface area contributed by atoms with Gasteiger partial charge in [0.15, 0.2) is 11.3 Å². The second-order valence-corrected chi connectivity index (χ2v) is 7.82. The van der Waals surface area contributed by atoms with Gasteiger partial charge in [-0.1, -0.05) is 37.6 Å². The van der Waals surface area contributed by atoms with Crippen LogP contribution in [0.3, 0.4) is 0 Å². The molecule has 28 heavy (non-hydrogen) atoms. The third kappa shape index (κ3) is 5.96. The first-order valence-electron chi connectivity index (χ1n) is 10.7. The molecule has 4 nitrogen and oxygen atoms in total. The maximum Gasteiger partial charge on any atom is 0.194 e. The second-order valence-electron chi connectivity index (χ2n) is 7.82. The van der Waals surface area contributed by atoms with Crippen molar-refractivity contribution < 1.29 is 9.47 Å². The average Bonchev–Trinajstić information content (AvgIpc) is 2.73. The van der Waals surface area contributed by atoms with Crippen LogP contribution >= 0.6 is 0 Å². The Morgan fingerprint density at radius 3 is 2.54 bits per heavy atom. The molecule has 0 bridgehead atoms. The number of hydrogen-bond acceptors (Lipinski definition) is 3. The van der Waals surface area contributed by atoms with E-state index in [1.807, 2.05) is 6.92 Å². The Kier molecular flexibility index (Phi) is 7.72. The summed E-state index contributed by atoms with van der Waals surface area (Å²) in [6.07, 6.45) is 8.77. The highest BCUT2D eigenvalue weighted by molar-refractivity contribution is 5.27. The van der Waals surface area contributed by atoms with Crippen molar-refractivity contribution in [3.63, 3.8) is 0 Å². The van der Waals surface area contributed by atoms with Gasteiger partial charge in [0.25, 0.3) is 0 Å². The lowest BCUT2D eigenvalue weighted by atomic mass is 10.0. The molecule has 1 aliphatic heterocycles. The minimum Gasteiger partial charge on any atom is -0.476 e. The van der Waals surface area contributed by atoms with Crippen LogP contribution in [-0.2, 0) is 24.0 Å². The smallest absolute Gasteiger partial charge is 0.194 e. The molecule has 0 aliphatic carbocycles. The molecule has 2 heterocycles. The Balaban J connectivity index is 1.59. The van der Waals surface area contributed by atoms with E-state index in [9.17, 15) is 4.79 Å². The van der Waals surface area contributed by atoms with E-state index in [4.69, 9.17) is 9.47 Å². The monoisotopic (exact) mass is 383 g/mol. The Hall–Kier alpha value is -2.07. The summed E-state index contributed by atoms with van der Waals surface area (Å²) in [6, 6.07) is 10.4. The molecule has 0 radical (unpaired) electrons. The van der Waals surface area contributed by atoms with Crippen LogP contribution < -0.4 is 10.2 Å². The van der Waals surface area contributed by atoms with Crippen molar-refractivity contribution in [2.24, 2.45) is 0 Å². The Morgan fingerprint density at radius 1 is 1.11 bits per heavy atom. The number of aromatic amines is 1. The highest BCUT2D eigenvalue weighted by atomic mass is 16.5. The van der Waals surface area contributed by atoms with E-state index < -0.39 is 0 Å². The average molecular weight is 384 g/mol. The van der Waals surface area contributed by atoms with Crippen LogP contribution in [0.15, 0.2) is 35.1 Å². The van der Waals surface area contributed by atoms with E-state index in [0.717, 1.165) is 50.0 Å². The van der Waals surface area contributed by atoms with E-state index in [1.54, 1.807) is 6.07 Å². The van der Waals surface area contributed by atoms with Gasteiger partial charge in [-0.25, -0.2) is 0 Å². The molecule has 0 spiro atoms. The summed E-state index contributed by atoms with van der Waals surface area (Å²) in [5.74, 6) is 0.551. The molecule has 0 saturated carbocycles. The number of unbranched alkanes of at least 4 members (excludes halogenated alkanes) is 1. The summed E-state index contributed by atoms with van der Waals surface area (Å²) < 4.78 is 11.6. The predicted molar refractivity (Wildman–Crippen MR) is 113 cm³/mol. The van der Waals surface area contributed by atoms with E-state index in [-0.39, 0.29) is 11.5 Å². The molecule has 2 aromatic rings. The van der Waals surface area contributed by atoms with Gasteiger partial charge in [0.2, 0.25) is 0 Å². The van der Waals surface area contributed by atoms with Crippen LogP contribution in [0.4, 0.5) is 0 Å². The molecular weight excluding hydrogens is 350 g/mol. The molecule has 3 rings (SSSR count). The fourth-order valence-corrected chi connectivity index (χ4v) is 3.63. The SMILES string of the molecule is CCCCc1ccc(CCc2[nH]c(OCC3CCCCO3)cc(=O)c2C)cc1. The highest BCUT2D eigenvalue weighted by Crippen LogP contribution is 2.16. The van der Waals surface area contributed by atoms with Crippen LogP contribution in [0, 0.1) is 6.92 Å². The lowest BCUT2D eigenvalue weighted by molar-refractivity contribution is -0.0120. The van der Waals surface area contributed by atoms with Crippen LogP contribution in [-0.4, -0.2) is 24.3 Å². The normalized spacial score (nSPS) is 16.9. The van der Waals surface area contributed by atoms with Crippen molar-refractivity contribution in [1.29, 1.82) is 0 Å². The van der Waals surface area contributed by atoms with Gasteiger partial charge in [-0.3, -0.25) is 4.79 Å². The number of H-pyrrole nitrogens is 1. The molecule has 1 atom stereocenters. The van der Waals surface area contributed by atoms with Crippen molar-refractivity contribution in [3.05, 3.63) is 62.9 Å². The van der Waals surface area contributed by atoms with Gasteiger partial charge in [-0.05, 0) is 63.0 Å². The van der Waals surface area contributed by atoms with Gasteiger partial charge in [-0.2, -0.15) is 0 Å². The number of benzene rings is 1. The van der Waals surface area contributed by atoms with Crippen molar-refractivity contribution >= 4 is 0 Å². The quantitative estimate of drug-likeness (QED) is 0.679. The van der Waals surface area contributed by atoms with Gasteiger partial charge in [0.1, 0.15) is 6.61 Å². The van der Waals surface area contributed by atoms with E-state index in [0.29, 0.717) is 12.5 Å². The molecule has 1 fully saturated rings. The maximum atomic E-state index is 12.3. The van der Waals surface area contributed by atoms with Gasteiger partial charge < -0.3 is 14.5 Å². The van der Waals surface area contributed by atoms with E-state index in [2.05, 4.69) is 36.2 Å². The van der Waals surface area contributed by atoms with Crippen LogP contribution in [0.5, 0.6) is 5.88 Å². The van der Waals surface area contributed by atoms with Crippen molar-refractivity contribution in [2.75, 3.05) is 13.2 Å². The Labute approximate surface area is 168 Å². The third-order valence-electron chi connectivity index (χ3n) is 5.56. The van der Waals surface area contributed by atoms with Crippen molar-refractivity contribution in [2.45, 2.75) is 71.3 Å². The summed E-state index contributed by atoms with van der Waals surface area (Å²) in [7, 11) is 0. The largest absolute Gasteiger partial charge is 0.476 e. The van der Waals surface area contributed by atoms with Gasteiger partial charge in [-0.15, -0.1) is 0 Å². The van der Waals surface area contributed by atoms with Gasteiger partial charge >= 0.3 is 0 Å². The number of rotatable bonds is 9. The zero-order valence-electron chi connectivity index (χ0n) is 17.3. The fraction of sp³-hybridized carbons (Fsp3) is 0.542. The van der Waals surface area contributed by atoms with E-state index in [1.165, 1.54) is 30.4 Å². The molecule has 1 N–H and O–H groups in total. The topological polar surface area (TPSA) is 51.3 Å². The van der Waals surface area contributed by atoms with E-state index >= 15 is 0 Å². The third-order valence-corrected chi connectivity index (χ3v) is 5.56. The zero-order valence-corrected chi connectivity index (χ0v) is 17.3. The maximum absolute atomic E-state index is 12.3. The fourth-order valence-electron chi connectivity index (χ4n) is 3.63. The summed E-state index contributed by atoms with van der Waals surface area (Å²) >= 11 is 0. The number of pyridine rings is 1. The molecule has 1 saturated heterocycles. The van der Waals surface area contributed by atoms with Crippen LogP contribution in [0.25, 0.3) is 0 Å². The first-order chi connectivity index (χ1) is 13.7. The number of ether oxygens (including phenoxy) is 2. The van der Waals surface area contributed by atoms with Gasteiger partial charge in [0.05, 0.1) is 6.10 Å². The lowest BCUT2D eigenvalue weighted by Gasteiger charge is -2.22. The number of aryl methyl sites for hydroxylation is 3. The molecular formula is C24H33NO3. The van der Waals surface area contributed by atoms with Crippen LogP contribution in [0.1, 0.15) is 61.4 Å². The summed E-state index contributed by atoms with van der Waals surface area (Å²) in [5.41, 5.74) is 4.46. The predicted octanol–water partition coefficient (Wildman–Crippen LogP) is 4.76. The summed E-state index contributed by atoms with van der Waals surface area (Å²) in [5, 5.41) is 0. The van der Waals surface area contributed by atoms with Crippen molar-refractivity contribution in [1.82, 2.24) is 4.98 Å². The molecule has 1 unspecified atom stereocenters. The van der Waals surface area contributed by atoms with Gasteiger partial charge in [0, 0.05) is 23.9 Å². The minimum absolute atomic E-state index is 0.0308.